The lowest BCUT2D eigenvalue weighted by molar-refractivity contribution is -0.140. The van der Waals surface area contributed by atoms with Gasteiger partial charge in [0.2, 0.25) is 5.91 Å². The van der Waals surface area contributed by atoms with E-state index in [4.69, 9.17) is 5.11 Å². The number of hydrogen-bond donors (Lipinski definition) is 3. The zero-order chi connectivity index (χ0) is 13.9. The molecule has 0 aromatic heterocycles. The minimum absolute atomic E-state index is 0.209. The van der Waals surface area contributed by atoms with Gasteiger partial charge in [-0.25, -0.2) is 0 Å². The Balaban J connectivity index is 2.17. The second-order valence-corrected chi connectivity index (χ2v) is 5.28. The van der Waals surface area contributed by atoms with Crippen LogP contribution in [0.4, 0.5) is 0 Å². The van der Waals surface area contributed by atoms with Gasteiger partial charge in [0.25, 0.3) is 0 Å². The Kier molecular flexibility index (Phi) is 4.14. The van der Waals surface area contributed by atoms with Crippen molar-refractivity contribution in [3.8, 4) is 0 Å². The van der Waals surface area contributed by atoms with E-state index in [9.17, 15) is 9.59 Å². The smallest absolute Gasteiger partial charge is 0.322 e. The molecule has 0 bridgehead atoms. The van der Waals surface area contributed by atoms with E-state index in [1.807, 2.05) is 18.2 Å². The van der Waals surface area contributed by atoms with E-state index < -0.39 is 11.4 Å². The van der Waals surface area contributed by atoms with Crippen molar-refractivity contribution < 1.29 is 14.7 Å². The second kappa shape index (κ2) is 5.65. The van der Waals surface area contributed by atoms with E-state index in [0.29, 0.717) is 18.6 Å². The van der Waals surface area contributed by atoms with Crippen molar-refractivity contribution in [1.29, 1.82) is 0 Å². The Morgan fingerprint density at radius 1 is 1.32 bits per heavy atom. The van der Waals surface area contributed by atoms with E-state index >= 15 is 0 Å². The summed E-state index contributed by atoms with van der Waals surface area (Å²) >= 11 is 4.32. The molecule has 2 rings (SSSR count). The number of amides is 1. The number of carbonyl (C=O) groups is 2. The molecule has 2 N–H and O–H groups in total. The molecule has 4 nitrogen and oxygen atoms in total. The van der Waals surface area contributed by atoms with Gasteiger partial charge in [-0.2, -0.15) is 12.6 Å². The lowest BCUT2D eigenvalue weighted by Crippen LogP contribution is -2.47. The van der Waals surface area contributed by atoms with Gasteiger partial charge < -0.3 is 10.4 Å². The average Bonchev–Trinajstić information content (AvgIpc) is 2.44. The summed E-state index contributed by atoms with van der Waals surface area (Å²) in [5, 5.41) is 11.1. The Labute approximate surface area is 117 Å². The predicted octanol–water partition coefficient (Wildman–Crippen LogP) is 1.29. The molecule has 0 spiro atoms. The van der Waals surface area contributed by atoms with Gasteiger partial charge in [0.1, 0.15) is 6.54 Å². The number of benzene rings is 1. The maximum atomic E-state index is 12.2. The number of nitrogens with one attached hydrogen (secondary N) is 1. The number of aryl methyl sites for hydroxylation is 1. The van der Waals surface area contributed by atoms with Crippen LogP contribution in [0.25, 0.3) is 0 Å². The molecule has 0 saturated carbocycles. The van der Waals surface area contributed by atoms with Crippen molar-refractivity contribution in [2.75, 3.05) is 12.3 Å². The Bertz CT molecular complexity index is 503. The topological polar surface area (TPSA) is 66.4 Å². The van der Waals surface area contributed by atoms with Crippen molar-refractivity contribution in [3.05, 3.63) is 35.4 Å². The number of thiol groups is 1. The average molecular weight is 279 g/mol. The van der Waals surface area contributed by atoms with Gasteiger partial charge in [-0.3, -0.25) is 9.59 Å². The molecule has 1 aliphatic rings. The Hall–Kier alpha value is -1.49. The molecule has 5 heteroatoms. The molecule has 0 radical (unpaired) electrons. The molecule has 19 heavy (non-hydrogen) atoms. The van der Waals surface area contributed by atoms with Crippen molar-refractivity contribution in [2.45, 2.75) is 19.3 Å². The number of aliphatic carboxylic acids is 1. The highest BCUT2D eigenvalue weighted by Gasteiger charge is 2.40. The predicted molar refractivity (Wildman–Crippen MR) is 75.4 cm³/mol. The van der Waals surface area contributed by atoms with Crippen molar-refractivity contribution in [1.82, 2.24) is 5.32 Å². The second-order valence-electron chi connectivity index (χ2n) is 4.96. The van der Waals surface area contributed by atoms with Crippen LogP contribution in [-0.2, 0) is 22.4 Å². The molecule has 1 unspecified atom stereocenters. The molecule has 1 aromatic carbocycles. The zero-order valence-electron chi connectivity index (χ0n) is 10.6. The van der Waals surface area contributed by atoms with Crippen LogP contribution >= 0.6 is 12.6 Å². The number of fused-ring (bicyclic) bond motifs is 1. The first-order valence-electron chi connectivity index (χ1n) is 6.25. The molecule has 1 amide bonds. The molecule has 102 valence electrons. The fourth-order valence-electron chi connectivity index (χ4n) is 2.54. The first-order chi connectivity index (χ1) is 9.07. The van der Waals surface area contributed by atoms with Gasteiger partial charge in [-0.15, -0.1) is 0 Å². The first kappa shape index (κ1) is 13.9. The van der Waals surface area contributed by atoms with Crippen LogP contribution in [0.3, 0.4) is 0 Å². The van der Waals surface area contributed by atoms with Crippen LogP contribution < -0.4 is 5.32 Å². The minimum atomic E-state index is -1.03. The van der Waals surface area contributed by atoms with Gasteiger partial charge in [0, 0.05) is 5.75 Å². The summed E-state index contributed by atoms with van der Waals surface area (Å²) in [6, 6.07) is 8.06. The van der Waals surface area contributed by atoms with Crippen LogP contribution in [0.15, 0.2) is 24.3 Å². The molecular weight excluding hydrogens is 262 g/mol. The molecule has 0 aliphatic heterocycles. The molecule has 0 fully saturated rings. The summed E-state index contributed by atoms with van der Waals surface area (Å²) in [5.74, 6) is -0.814. The van der Waals surface area contributed by atoms with Crippen LogP contribution in [0.5, 0.6) is 0 Å². The summed E-state index contributed by atoms with van der Waals surface area (Å²) < 4.78 is 0. The first-order valence-corrected chi connectivity index (χ1v) is 6.88. The maximum absolute atomic E-state index is 12.2. The summed E-state index contributed by atoms with van der Waals surface area (Å²) in [4.78, 5) is 22.8. The fraction of sp³-hybridized carbons (Fsp3) is 0.429. The largest absolute Gasteiger partial charge is 0.480 e. The molecule has 0 saturated heterocycles. The number of rotatable bonds is 4. The summed E-state index contributed by atoms with van der Waals surface area (Å²) in [6.07, 6.45) is 2.16. The van der Waals surface area contributed by atoms with Crippen LogP contribution in [0, 0.1) is 5.41 Å². The van der Waals surface area contributed by atoms with Gasteiger partial charge in [-0.1, -0.05) is 24.3 Å². The van der Waals surface area contributed by atoms with E-state index in [2.05, 4.69) is 24.0 Å². The van der Waals surface area contributed by atoms with Gasteiger partial charge in [0.15, 0.2) is 0 Å². The fourth-order valence-corrected chi connectivity index (χ4v) is 2.96. The van der Waals surface area contributed by atoms with E-state index in [-0.39, 0.29) is 12.5 Å². The summed E-state index contributed by atoms with van der Waals surface area (Å²) in [5.41, 5.74) is 1.84. The van der Waals surface area contributed by atoms with Crippen LogP contribution in [0.2, 0.25) is 0 Å². The normalized spacial score (nSPS) is 21.5. The zero-order valence-corrected chi connectivity index (χ0v) is 11.5. The summed E-state index contributed by atoms with van der Waals surface area (Å²) in [6.45, 7) is -0.337. The number of carboxylic acid groups (broad SMARTS) is 1. The Morgan fingerprint density at radius 3 is 2.63 bits per heavy atom. The highest BCUT2D eigenvalue weighted by molar-refractivity contribution is 7.80. The summed E-state index contributed by atoms with van der Waals surface area (Å²) in [7, 11) is 0. The Morgan fingerprint density at radius 2 is 2.00 bits per heavy atom. The third-order valence-electron chi connectivity index (χ3n) is 3.70. The van der Waals surface area contributed by atoms with Gasteiger partial charge in [-0.05, 0) is 30.4 Å². The molecular formula is C14H17NO3S. The monoisotopic (exact) mass is 279 g/mol. The maximum Gasteiger partial charge on any atom is 0.322 e. The lowest BCUT2D eigenvalue weighted by Gasteiger charge is -2.35. The molecule has 1 aromatic rings. The molecule has 1 atom stereocenters. The van der Waals surface area contributed by atoms with E-state index in [1.165, 1.54) is 5.56 Å². The number of hydrogen-bond acceptors (Lipinski definition) is 3. The third-order valence-corrected chi connectivity index (χ3v) is 4.31. The lowest BCUT2D eigenvalue weighted by atomic mass is 9.72. The van der Waals surface area contributed by atoms with Crippen molar-refractivity contribution in [3.63, 3.8) is 0 Å². The highest BCUT2D eigenvalue weighted by atomic mass is 32.1. The molecule has 1 aliphatic carbocycles. The van der Waals surface area contributed by atoms with Gasteiger partial charge >= 0.3 is 5.97 Å². The third kappa shape index (κ3) is 2.92. The van der Waals surface area contributed by atoms with Crippen LogP contribution in [-0.4, -0.2) is 29.3 Å². The molecule has 0 heterocycles. The quantitative estimate of drug-likeness (QED) is 0.728. The number of carboxylic acids is 1. The van der Waals surface area contributed by atoms with E-state index in [0.717, 1.165) is 12.0 Å². The minimum Gasteiger partial charge on any atom is -0.480 e. The SMILES string of the molecule is O=C(O)CNC(=O)C1(CS)CCc2ccccc2C1. The van der Waals surface area contributed by atoms with Crippen molar-refractivity contribution >= 4 is 24.5 Å². The standard InChI is InChI=1S/C14H17NO3S/c16-12(17)8-15-13(18)14(9-19)6-5-10-3-1-2-4-11(10)7-14/h1-4,19H,5-9H2,(H,15,18)(H,16,17). The van der Waals surface area contributed by atoms with Crippen LogP contribution in [0.1, 0.15) is 17.5 Å². The van der Waals surface area contributed by atoms with Gasteiger partial charge in [0.05, 0.1) is 5.41 Å². The highest BCUT2D eigenvalue weighted by Crippen LogP contribution is 2.36. The van der Waals surface area contributed by atoms with Crippen molar-refractivity contribution in [2.24, 2.45) is 5.41 Å². The number of carbonyl (C=O) groups excluding carboxylic acids is 1. The van der Waals surface area contributed by atoms with E-state index in [1.54, 1.807) is 0 Å².